The van der Waals surface area contributed by atoms with E-state index in [-0.39, 0.29) is 18.2 Å². The number of Topliss-reactive ketones (excluding diaryl/α,β-unsaturated/α-hetero) is 1. The Kier molecular flexibility index (Phi) is 8.61. The van der Waals surface area contributed by atoms with Gasteiger partial charge in [0.2, 0.25) is 5.91 Å². The highest BCUT2D eigenvalue weighted by Crippen LogP contribution is 2.03. The molecule has 1 amide bonds. The minimum absolute atomic E-state index is 0.117. The summed E-state index contributed by atoms with van der Waals surface area (Å²) in [6.45, 7) is 1.76. The van der Waals surface area contributed by atoms with E-state index in [1.807, 2.05) is 0 Å². The highest BCUT2D eigenvalue weighted by Gasteiger charge is 2.17. The number of hydrogen-bond acceptors (Lipinski definition) is 5. The number of primary amides is 1. The second-order valence-corrected chi connectivity index (χ2v) is 3.94. The van der Waals surface area contributed by atoms with Crippen LogP contribution in [-0.2, 0) is 14.3 Å². The fourth-order valence-electron chi connectivity index (χ4n) is 1.27. The van der Waals surface area contributed by atoms with Gasteiger partial charge in [-0.3, -0.25) is 14.4 Å². The lowest BCUT2D eigenvalue weighted by atomic mass is 10.0. The van der Waals surface area contributed by atoms with Crippen LogP contribution in [0.3, 0.4) is 0 Å². The van der Waals surface area contributed by atoms with Gasteiger partial charge in [-0.15, -0.1) is 0 Å². The van der Waals surface area contributed by atoms with E-state index in [0.717, 1.165) is 0 Å². The van der Waals surface area contributed by atoms with Crippen LogP contribution in [-0.4, -0.2) is 30.8 Å². The van der Waals surface area contributed by atoms with Crippen LogP contribution in [0.4, 0.5) is 0 Å². The van der Waals surface area contributed by atoms with E-state index in [4.69, 9.17) is 11.5 Å². The fraction of sp³-hybridized carbons (Fsp3) is 0.357. The molecule has 0 fully saturated rings. The van der Waals surface area contributed by atoms with Gasteiger partial charge in [0.15, 0.2) is 5.78 Å². The summed E-state index contributed by atoms with van der Waals surface area (Å²) in [7, 11) is 1.38. The van der Waals surface area contributed by atoms with E-state index in [1.165, 1.54) is 7.11 Å². The second-order valence-electron chi connectivity index (χ2n) is 3.94. The lowest BCUT2D eigenvalue weighted by Crippen LogP contribution is -2.35. The summed E-state index contributed by atoms with van der Waals surface area (Å²) in [4.78, 5) is 32.0. The summed E-state index contributed by atoms with van der Waals surface area (Å²) in [6, 6.07) is 7.76. The van der Waals surface area contributed by atoms with Gasteiger partial charge >= 0.3 is 5.97 Å². The van der Waals surface area contributed by atoms with Crippen LogP contribution in [0, 0.1) is 0 Å². The van der Waals surface area contributed by atoms with Gasteiger partial charge < -0.3 is 16.2 Å². The molecular weight excluding hydrogens is 260 g/mol. The number of esters is 1. The number of rotatable bonds is 5. The summed E-state index contributed by atoms with van der Waals surface area (Å²) in [5, 5.41) is 0. The SMILES string of the molecule is CCC(=O)OC.NC(=O)C[C@H](N)C(=O)c1ccccc1. The van der Waals surface area contributed by atoms with Crippen LogP contribution in [0.5, 0.6) is 0 Å². The Labute approximate surface area is 118 Å². The highest BCUT2D eigenvalue weighted by molar-refractivity contribution is 6.01. The van der Waals surface area contributed by atoms with Crippen molar-refractivity contribution >= 4 is 17.7 Å². The smallest absolute Gasteiger partial charge is 0.305 e. The van der Waals surface area contributed by atoms with Crippen molar-refractivity contribution in [3.05, 3.63) is 35.9 Å². The first-order valence-electron chi connectivity index (χ1n) is 6.12. The Hall–Kier alpha value is -2.21. The minimum Gasteiger partial charge on any atom is -0.469 e. The standard InChI is InChI=1S/C10H12N2O2.C4H8O2/c11-8(6-9(12)13)10(14)7-4-2-1-3-5-7;1-3-4(5)6-2/h1-5,8H,6,11H2,(H2,12,13);3H2,1-2H3/t8-;/m0./s1. The van der Waals surface area contributed by atoms with Gasteiger partial charge in [0.05, 0.1) is 13.2 Å². The summed E-state index contributed by atoms with van der Waals surface area (Å²) < 4.78 is 4.26. The number of ketones is 1. The fourth-order valence-corrected chi connectivity index (χ4v) is 1.27. The Bertz CT molecular complexity index is 440. The molecule has 1 aromatic carbocycles. The van der Waals surface area contributed by atoms with Crippen molar-refractivity contribution < 1.29 is 19.1 Å². The van der Waals surface area contributed by atoms with Gasteiger partial charge in [0.1, 0.15) is 0 Å². The van der Waals surface area contributed by atoms with Gasteiger partial charge in [0, 0.05) is 18.4 Å². The Morgan fingerprint density at radius 1 is 1.20 bits per heavy atom. The van der Waals surface area contributed by atoms with Crippen molar-refractivity contribution in [2.45, 2.75) is 25.8 Å². The van der Waals surface area contributed by atoms with E-state index in [0.29, 0.717) is 12.0 Å². The average molecular weight is 280 g/mol. The molecule has 0 unspecified atom stereocenters. The van der Waals surface area contributed by atoms with E-state index >= 15 is 0 Å². The Balaban J connectivity index is 0.000000511. The molecule has 1 atom stereocenters. The molecule has 0 spiro atoms. The predicted octanol–water partition coefficient (Wildman–Crippen LogP) is 0.641. The molecule has 6 nitrogen and oxygen atoms in total. The quantitative estimate of drug-likeness (QED) is 0.607. The number of nitrogens with two attached hydrogens (primary N) is 2. The third-order valence-electron chi connectivity index (χ3n) is 2.33. The first kappa shape index (κ1) is 17.8. The monoisotopic (exact) mass is 280 g/mol. The zero-order valence-corrected chi connectivity index (χ0v) is 11.7. The first-order chi connectivity index (χ1) is 9.42. The second kappa shape index (κ2) is 9.69. The number of ether oxygens (including phenoxy) is 1. The summed E-state index contributed by atoms with van der Waals surface area (Å²) >= 11 is 0. The summed E-state index contributed by atoms with van der Waals surface area (Å²) in [6.07, 6.45) is 0.351. The lowest BCUT2D eigenvalue weighted by Gasteiger charge is -2.07. The van der Waals surface area contributed by atoms with Crippen molar-refractivity contribution in [2.75, 3.05) is 7.11 Å². The number of methoxy groups -OCH3 is 1. The maximum atomic E-state index is 11.5. The molecule has 0 aromatic heterocycles. The average Bonchev–Trinajstić information content (AvgIpc) is 2.46. The van der Waals surface area contributed by atoms with E-state index < -0.39 is 11.9 Å². The van der Waals surface area contributed by atoms with Gasteiger partial charge in [-0.05, 0) is 0 Å². The Morgan fingerprint density at radius 3 is 2.10 bits per heavy atom. The summed E-state index contributed by atoms with van der Waals surface area (Å²) in [5.41, 5.74) is 10.9. The molecule has 1 rings (SSSR count). The maximum absolute atomic E-state index is 11.5. The van der Waals surface area contributed by atoms with Gasteiger partial charge in [-0.1, -0.05) is 37.3 Å². The molecule has 0 bridgehead atoms. The summed E-state index contributed by atoms with van der Waals surface area (Å²) in [5.74, 6) is -0.985. The topological polar surface area (TPSA) is 112 Å². The largest absolute Gasteiger partial charge is 0.469 e. The minimum atomic E-state index is -0.838. The molecule has 0 saturated carbocycles. The van der Waals surface area contributed by atoms with Crippen LogP contribution >= 0.6 is 0 Å². The molecule has 0 radical (unpaired) electrons. The van der Waals surface area contributed by atoms with Crippen molar-refractivity contribution in [3.63, 3.8) is 0 Å². The molecule has 0 aliphatic carbocycles. The Morgan fingerprint density at radius 2 is 1.75 bits per heavy atom. The number of hydrogen-bond donors (Lipinski definition) is 2. The zero-order valence-electron chi connectivity index (χ0n) is 11.7. The van der Waals surface area contributed by atoms with Crippen molar-refractivity contribution in [2.24, 2.45) is 11.5 Å². The van der Waals surface area contributed by atoms with Crippen molar-refractivity contribution in [1.29, 1.82) is 0 Å². The lowest BCUT2D eigenvalue weighted by molar-refractivity contribution is -0.140. The molecule has 20 heavy (non-hydrogen) atoms. The van der Waals surface area contributed by atoms with Gasteiger partial charge in [-0.2, -0.15) is 0 Å². The van der Waals surface area contributed by atoms with E-state index in [9.17, 15) is 14.4 Å². The maximum Gasteiger partial charge on any atom is 0.305 e. The molecule has 110 valence electrons. The first-order valence-corrected chi connectivity index (χ1v) is 6.12. The molecule has 0 aliphatic heterocycles. The molecule has 0 aliphatic rings. The van der Waals surface area contributed by atoms with E-state index in [2.05, 4.69) is 4.74 Å². The van der Waals surface area contributed by atoms with Crippen LogP contribution in [0.15, 0.2) is 30.3 Å². The third kappa shape index (κ3) is 7.27. The number of amides is 1. The number of carbonyl (C=O) groups excluding carboxylic acids is 3. The molecule has 1 aromatic rings. The zero-order chi connectivity index (χ0) is 15.5. The predicted molar refractivity (Wildman–Crippen MR) is 74.9 cm³/mol. The third-order valence-corrected chi connectivity index (χ3v) is 2.33. The van der Waals surface area contributed by atoms with Gasteiger partial charge in [-0.25, -0.2) is 0 Å². The van der Waals surface area contributed by atoms with Crippen LogP contribution < -0.4 is 11.5 Å². The van der Waals surface area contributed by atoms with Crippen LogP contribution in [0.1, 0.15) is 30.1 Å². The molecule has 0 saturated heterocycles. The molecule has 0 heterocycles. The highest BCUT2D eigenvalue weighted by atomic mass is 16.5. The normalized spacial score (nSPS) is 10.8. The molecule has 6 heteroatoms. The number of benzene rings is 1. The van der Waals surface area contributed by atoms with E-state index in [1.54, 1.807) is 37.3 Å². The van der Waals surface area contributed by atoms with Crippen molar-refractivity contribution in [3.8, 4) is 0 Å². The van der Waals surface area contributed by atoms with Gasteiger partial charge in [0.25, 0.3) is 0 Å². The molecular formula is C14H20N2O4. The van der Waals surface area contributed by atoms with Crippen LogP contribution in [0.2, 0.25) is 0 Å². The van der Waals surface area contributed by atoms with Crippen molar-refractivity contribution in [1.82, 2.24) is 0 Å². The number of carbonyl (C=O) groups is 3. The van der Waals surface area contributed by atoms with Crippen LogP contribution in [0.25, 0.3) is 0 Å². The molecule has 4 N–H and O–H groups in total.